The Morgan fingerprint density at radius 3 is 2.71 bits per heavy atom. The standard InChI is InChI=1S/C18H21N3O2S/c1-12-15-8-10-24-16(15)7-9-21(12)11-17(22)20-14-5-3-13(4-6-14)18(23)19-2/h3-6,8,10,12H,7,9,11H2,1-2H3,(H,19,23)(H,20,22)/t12-/m1/s1. The van der Waals surface area contributed by atoms with E-state index in [2.05, 4.69) is 33.9 Å². The lowest BCUT2D eigenvalue weighted by Crippen LogP contribution is -2.39. The van der Waals surface area contributed by atoms with E-state index in [0.29, 0.717) is 17.8 Å². The molecule has 2 amide bonds. The van der Waals surface area contributed by atoms with Crippen molar-refractivity contribution in [3.63, 3.8) is 0 Å². The quantitative estimate of drug-likeness (QED) is 0.897. The number of amides is 2. The van der Waals surface area contributed by atoms with Crippen molar-refractivity contribution in [1.29, 1.82) is 0 Å². The van der Waals surface area contributed by atoms with Crippen LogP contribution in [0.2, 0.25) is 0 Å². The largest absolute Gasteiger partial charge is 0.355 e. The third kappa shape index (κ3) is 3.49. The van der Waals surface area contributed by atoms with Gasteiger partial charge < -0.3 is 10.6 Å². The molecule has 0 spiro atoms. The molecule has 3 rings (SSSR count). The predicted molar refractivity (Wildman–Crippen MR) is 96.5 cm³/mol. The second kappa shape index (κ2) is 7.15. The van der Waals surface area contributed by atoms with Crippen LogP contribution in [0.3, 0.4) is 0 Å². The van der Waals surface area contributed by atoms with Crippen LogP contribution in [0.25, 0.3) is 0 Å². The normalized spacial score (nSPS) is 17.2. The van der Waals surface area contributed by atoms with Gasteiger partial charge in [-0.2, -0.15) is 0 Å². The Kier molecular flexibility index (Phi) is 4.97. The van der Waals surface area contributed by atoms with E-state index in [0.717, 1.165) is 13.0 Å². The third-order valence-electron chi connectivity index (χ3n) is 4.41. The molecule has 1 atom stereocenters. The molecule has 2 N–H and O–H groups in total. The molecule has 0 fully saturated rings. The van der Waals surface area contributed by atoms with Crippen molar-refractivity contribution in [2.75, 3.05) is 25.5 Å². The van der Waals surface area contributed by atoms with Gasteiger partial charge in [0.2, 0.25) is 5.91 Å². The Bertz CT molecular complexity index is 739. The number of fused-ring (bicyclic) bond motifs is 1. The number of nitrogens with one attached hydrogen (secondary N) is 2. The summed E-state index contributed by atoms with van der Waals surface area (Å²) < 4.78 is 0. The van der Waals surface area contributed by atoms with Gasteiger partial charge in [-0.3, -0.25) is 14.5 Å². The van der Waals surface area contributed by atoms with Gasteiger partial charge in [-0.05, 0) is 54.6 Å². The zero-order valence-electron chi connectivity index (χ0n) is 13.8. The van der Waals surface area contributed by atoms with E-state index in [9.17, 15) is 9.59 Å². The number of thiophene rings is 1. The van der Waals surface area contributed by atoms with Crippen LogP contribution < -0.4 is 10.6 Å². The van der Waals surface area contributed by atoms with Crippen LogP contribution in [-0.4, -0.2) is 36.9 Å². The van der Waals surface area contributed by atoms with E-state index < -0.39 is 0 Å². The van der Waals surface area contributed by atoms with E-state index in [1.807, 2.05) is 0 Å². The molecule has 2 aromatic rings. The Balaban J connectivity index is 1.59. The highest BCUT2D eigenvalue weighted by Gasteiger charge is 2.26. The summed E-state index contributed by atoms with van der Waals surface area (Å²) >= 11 is 1.80. The van der Waals surface area contributed by atoms with Gasteiger partial charge in [-0.15, -0.1) is 11.3 Å². The zero-order valence-corrected chi connectivity index (χ0v) is 14.7. The number of hydrogen-bond donors (Lipinski definition) is 2. The lowest BCUT2D eigenvalue weighted by molar-refractivity contribution is -0.117. The van der Waals surface area contributed by atoms with Gasteiger partial charge in [-0.25, -0.2) is 0 Å². The van der Waals surface area contributed by atoms with Crippen LogP contribution in [0.4, 0.5) is 5.69 Å². The first-order valence-corrected chi connectivity index (χ1v) is 8.88. The Morgan fingerprint density at radius 1 is 1.25 bits per heavy atom. The molecule has 126 valence electrons. The SMILES string of the molecule is CNC(=O)c1ccc(NC(=O)CN2CCc3sccc3[C@H]2C)cc1. The monoisotopic (exact) mass is 343 g/mol. The zero-order chi connectivity index (χ0) is 17.1. The highest BCUT2D eigenvalue weighted by Crippen LogP contribution is 2.32. The Morgan fingerprint density at radius 2 is 2.00 bits per heavy atom. The number of rotatable bonds is 4. The second-order valence-corrected chi connectivity index (χ2v) is 6.90. The van der Waals surface area contributed by atoms with Crippen LogP contribution >= 0.6 is 11.3 Å². The van der Waals surface area contributed by atoms with Crippen molar-refractivity contribution in [3.8, 4) is 0 Å². The maximum atomic E-state index is 12.3. The number of anilines is 1. The van der Waals surface area contributed by atoms with Gasteiger partial charge in [0.1, 0.15) is 0 Å². The van der Waals surface area contributed by atoms with Crippen LogP contribution in [0.15, 0.2) is 35.7 Å². The number of nitrogens with zero attached hydrogens (tertiary/aromatic N) is 1. The summed E-state index contributed by atoms with van der Waals surface area (Å²) in [4.78, 5) is 27.5. The predicted octanol–water partition coefficient (Wildman–Crippen LogP) is 2.67. The van der Waals surface area contributed by atoms with Gasteiger partial charge in [-0.1, -0.05) is 0 Å². The van der Waals surface area contributed by atoms with Gasteiger partial charge >= 0.3 is 0 Å². The van der Waals surface area contributed by atoms with Crippen molar-refractivity contribution in [2.24, 2.45) is 0 Å². The van der Waals surface area contributed by atoms with Crippen LogP contribution in [-0.2, 0) is 11.2 Å². The Hall–Kier alpha value is -2.18. The minimum Gasteiger partial charge on any atom is -0.355 e. The number of carbonyl (C=O) groups is 2. The third-order valence-corrected chi connectivity index (χ3v) is 5.40. The second-order valence-electron chi connectivity index (χ2n) is 5.90. The van der Waals surface area contributed by atoms with Crippen molar-refractivity contribution >= 4 is 28.8 Å². The molecule has 1 aliphatic heterocycles. The lowest BCUT2D eigenvalue weighted by Gasteiger charge is -2.32. The summed E-state index contributed by atoms with van der Waals surface area (Å²) in [5, 5.41) is 7.60. The molecule has 6 heteroatoms. The molecule has 24 heavy (non-hydrogen) atoms. The number of benzene rings is 1. The van der Waals surface area contributed by atoms with Gasteiger partial charge in [0.15, 0.2) is 0 Å². The lowest BCUT2D eigenvalue weighted by atomic mass is 10.0. The molecule has 1 aromatic carbocycles. The molecular formula is C18H21N3O2S. The molecule has 2 heterocycles. The summed E-state index contributed by atoms with van der Waals surface area (Å²) in [5.41, 5.74) is 2.62. The fraction of sp³-hybridized carbons (Fsp3) is 0.333. The van der Waals surface area contributed by atoms with E-state index in [4.69, 9.17) is 0 Å². The highest BCUT2D eigenvalue weighted by atomic mass is 32.1. The van der Waals surface area contributed by atoms with Crippen LogP contribution in [0.1, 0.15) is 33.8 Å². The average Bonchev–Trinajstić information content (AvgIpc) is 3.07. The molecule has 0 saturated heterocycles. The molecule has 1 aliphatic rings. The first kappa shape index (κ1) is 16.7. The molecule has 1 aromatic heterocycles. The van der Waals surface area contributed by atoms with Crippen LogP contribution in [0.5, 0.6) is 0 Å². The number of carbonyl (C=O) groups excluding carboxylic acids is 2. The molecule has 0 aliphatic carbocycles. The van der Waals surface area contributed by atoms with E-state index >= 15 is 0 Å². The van der Waals surface area contributed by atoms with Crippen LogP contribution in [0, 0.1) is 0 Å². The average molecular weight is 343 g/mol. The summed E-state index contributed by atoms with van der Waals surface area (Å²) in [6, 6.07) is 9.33. The minimum absolute atomic E-state index is 0.0341. The smallest absolute Gasteiger partial charge is 0.251 e. The van der Waals surface area contributed by atoms with Gasteiger partial charge in [0.05, 0.1) is 6.54 Å². The van der Waals surface area contributed by atoms with Gasteiger partial charge in [0, 0.05) is 35.8 Å². The van der Waals surface area contributed by atoms with E-state index in [1.165, 1.54) is 10.4 Å². The fourth-order valence-corrected chi connectivity index (χ4v) is 3.97. The molecule has 0 saturated carbocycles. The van der Waals surface area contributed by atoms with Crippen molar-refractivity contribution in [3.05, 3.63) is 51.7 Å². The first-order chi connectivity index (χ1) is 11.6. The van der Waals surface area contributed by atoms with Crippen molar-refractivity contribution in [2.45, 2.75) is 19.4 Å². The summed E-state index contributed by atoms with van der Waals surface area (Å²) in [5.74, 6) is -0.171. The van der Waals surface area contributed by atoms with E-state index in [-0.39, 0.29) is 17.9 Å². The molecule has 0 radical (unpaired) electrons. The Labute approximate surface area is 145 Å². The molecule has 0 unspecified atom stereocenters. The van der Waals surface area contributed by atoms with Crippen molar-refractivity contribution < 1.29 is 9.59 Å². The minimum atomic E-state index is -0.137. The van der Waals surface area contributed by atoms with Crippen molar-refractivity contribution in [1.82, 2.24) is 10.2 Å². The first-order valence-electron chi connectivity index (χ1n) is 8.01. The molecular weight excluding hydrogens is 322 g/mol. The summed E-state index contributed by atoms with van der Waals surface area (Å²) in [7, 11) is 1.59. The summed E-state index contributed by atoms with van der Waals surface area (Å²) in [6.07, 6.45) is 1.01. The maximum absolute atomic E-state index is 12.3. The molecule has 5 nitrogen and oxygen atoms in total. The molecule has 0 bridgehead atoms. The number of hydrogen-bond acceptors (Lipinski definition) is 4. The topological polar surface area (TPSA) is 61.4 Å². The van der Waals surface area contributed by atoms with E-state index in [1.54, 1.807) is 42.6 Å². The van der Waals surface area contributed by atoms with Gasteiger partial charge in [0.25, 0.3) is 5.91 Å². The maximum Gasteiger partial charge on any atom is 0.251 e. The summed E-state index contributed by atoms with van der Waals surface area (Å²) in [6.45, 7) is 3.42. The fourth-order valence-electron chi connectivity index (χ4n) is 3.01. The highest BCUT2D eigenvalue weighted by molar-refractivity contribution is 7.10.